The van der Waals surface area contributed by atoms with Crippen LogP contribution in [0.2, 0.25) is 0 Å². The largest absolute Gasteiger partial charge is 0.478 e. The van der Waals surface area contributed by atoms with Gasteiger partial charge in [0.1, 0.15) is 0 Å². The minimum Gasteiger partial charge on any atom is -0.478 e. The fourth-order valence-electron chi connectivity index (χ4n) is 1.72. The highest BCUT2D eigenvalue weighted by Crippen LogP contribution is 2.23. The Bertz CT molecular complexity index is 580. The molecule has 0 aromatic heterocycles. The first-order chi connectivity index (χ1) is 9.44. The van der Waals surface area contributed by atoms with E-state index >= 15 is 0 Å². The van der Waals surface area contributed by atoms with Crippen LogP contribution in [0.5, 0.6) is 0 Å². The zero-order chi connectivity index (χ0) is 14.8. The van der Waals surface area contributed by atoms with E-state index in [0.29, 0.717) is 5.69 Å². The molecule has 0 saturated heterocycles. The first-order valence-corrected chi connectivity index (χ1v) is 7.62. The molecule has 0 atom stereocenters. The van der Waals surface area contributed by atoms with E-state index in [2.05, 4.69) is 4.72 Å². The summed E-state index contributed by atoms with van der Waals surface area (Å²) in [6.45, 7) is -0.416. The van der Waals surface area contributed by atoms with Gasteiger partial charge in [0.15, 0.2) is 0 Å². The average molecular weight is 300 g/mol. The standard InChI is InChI=1S/C12H16N2O5S/c15-8-7-14(20(18,19)13-10-3-4-10)11-5-1-9(2-6-11)12(16)17/h1-2,5-6,10,13,15H,3-4,7-8H2,(H,16,17). The van der Waals surface area contributed by atoms with Gasteiger partial charge in [-0.15, -0.1) is 0 Å². The lowest BCUT2D eigenvalue weighted by Crippen LogP contribution is -2.43. The van der Waals surface area contributed by atoms with Gasteiger partial charge in [0, 0.05) is 6.04 Å². The van der Waals surface area contributed by atoms with E-state index in [1.165, 1.54) is 24.3 Å². The Balaban J connectivity index is 2.24. The van der Waals surface area contributed by atoms with Crippen molar-refractivity contribution in [1.29, 1.82) is 0 Å². The number of anilines is 1. The summed E-state index contributed by atoms with van der Waals surface area (Å²) in [7, 11) is -3.73. The number of rotatable bonds is 7. The molecule has 0 heterocycles. The number of carboxylic acids is 1. The predicted octanol–water partition coefficient (Wildman–Crippen LogP) is 0.180. The van der Waals surface area contributed by atoms with Gasteiger partial charge in [-0.3, -0.25) is 4.31 Å². The van der Waals surface area contributed by atoms with Crippen LogP contribution in [0.1, 0.15) is 23.2 Å². The number of nitrogens with zero attached hydrogens (tertiary/aromatic N) is 1. The molecule has 1 aliphatic carbocycles. The van der Waals surface area contributed by atoms with Crippen LogP contribution in [0.25, 0.3) is 0 Å². The maximum atomic E-state index is 12.2. The summed E-state index contributed by atoms with van der Waals surface area (Å²) in [5.41, 5.74) is 0.391. The Morgan fingerprint density at radius 2 is 1.90 bits per heavy atom. The number of carboxylic acid groups (broad SMARTS) is 1. The lowest BCUT2D eigenvalue weighted by molar-refractivity contribution is 0.0697. The zero-order valence-electron chi connectivity index (χ0n) is 10.7. The molecule has 8 heteroatoms. The Hall–Kier alpha value is -1.64. The molecule has 0 aliphatic heterocycles. The number of hydrogen-bond acceptors (Lipinski definition) is 4. The maximum absolute atomic E-state index is 12.2. The summed E-state index contributed by atoms with van der Waals surface area (Å²) >= 11 is 0. The third kappa shape index (κ3) is 3.47. The van der Waals surface area contributed by atoms with Gasteiger partial charge in [0.25, 0.3) is 0 Å². The lowest BCUT2D eigenvalue weighted by atomic mass is 10.2. The zero-order valence-corrected chi connectivity index (χ0v) is 11.5. The molecule has 110 valence electrons. The Morgan fingerprint density at radius 1 is 1.30 bits per heavy atom. The summed E-state index contributed by atoms with van der Waals surface area (Å²) in [5, 5.41) is 17.8. The van der Waals surface area contributed by atoms with Crippen molar-refractivity contribution in [1.82, 2.24) is 4.72 Å². The second kappa shape index (κ2) is 5.78. The highest BCUT2D eigenvalue weighted by atomic mass is 32.2. The molecule has 20 heavy (non-hydrogen) atoms. The van der Waals surface area contributed by atoms with Crippen LogP contribution in [0, 0.1) is 0 Å². The average Bonchev–Trinajstić information content (AvgIpc) is 3.19. The first kappa shape index (κ1) is 14.8. The van der Waals surface area contributed by atoms with Gasteiger partial charge in [0.2, 0.25) is 0 Å². The third-order valence-electron chi connectivity index (χ3n) is 2.89. The summed E-state index contributed by atoms with van der Waals surface area (Å²) in [6.07, 6.45) is 1.62. The third-order valence-corrected chi connectivity index (χ3v) is 4.49. The molecule has 2 rings (SSSR count). The Morgan fingerprint density at radius 3 is 2.35 bits per heavy atom. The SMILES string of the molecule is O=C(O)c1ccc(N(CCO)S(=O)(=O)NC2CC2)cc1. The maximum Gasteiger partial charge on any atom is 0.335 e. The summed E-state index contributed by atoms with van der Waals surface area (Å²) in [6, 6.07) is 5.43. The number of benzene rings is 1. The molecule has 1 fully saturated rings. The molecule has 0 unspecified atom stereocenters. The van der Waals surface area contributed by atoms with Crippen LogP contribution in [-0.4, -0.2) is 43.8 Å². The topological polar surface area (TPSA) is 107 Å². The van der Waals surface area contributed by atoms with Crippen molar-refractivity contribution in [2.75, 3.05) is 17.5 Å². The molecule has 0 spiro atoms. The number of aliphatic hydroxyl groups excluding tert-OH is 1. The van der Waals surface area contributed by atoms with E-state index in [9.17, 15) is 13.2 Å². The van der Waals surface area contributed by atoms with Crippen LogP contribution in [-0.2, 0) is 10.2 Å². The van der Waals surface area contributed by atoms with Crippen LogP contribution < -0.4 is 9.03 Å². The van der Waals surface area contributed by atoms with Gasteiger partial charge >= 0.3 is 16.2 Å². The second-order valence-electron chi connectivity index (χ2n) is 4.54. The van der Waals surface area contributed by atoms with Gasteiger partial charge in [0.05, 0.1) is 24.4 Å². The molecule has 0 amide bonds. The quantitative estimate of drug-likeness (QED) is 0.666. The van der Waals surface area contributed by atoms with Crippen molar-refractivity contribution in [2.24, 2.45) is 0 Å². The van der Waals surface area contributed by atoms with E-state index in [1.807, 2.05) is 0 Å². The monoisotopic (exact) mass is 300 g/mol. The van der Waals surface area contributed by atoms with Crippen molar-refractivity contribution in [3.8, 4) is 0 Å². The molecule has 1 aromatic carbocycles. The molecule has 0 radical (unpaired) electrons. The molecule has 1 saturated carbocycles. The molecule has 1 aliphatic rings. The van der Waals surface area contributed by atoms with Crippen molar-refractivity contribution in [3.05, 3.63) is 29.8 Å². The number of carbonyl (C=O) groups is 1. The fraction of sp³-hybridized carbons (Fsp3) is 0.417. The Labute approximate surface area is 117 Å². The van der Waals surface area contributed by atoms with Crippen LogP contribution in [0.3, 0.4) is 0 Å². The first-order valence-electron chi connectivity index (χ1n) is 6.18. The molecular weight excluding hydrogens is 284 g/mol. The fourth-order valence-corrected chi connectivity index (χ4v) is 3.23. The molecule has 1 aromatic rings. The summed E-state index contributed by atoms with van der Waals surface area (Å²) in [4.78, 5) is 10.8. The molecular formula is C12H16N2O5S. The number of nitrogens with one attached hydrogen (secondary N) is 1. The minimum absolute atomic E-state index is 0.0421. The minimum atomic E-state index is -3.73. The van der Waals surface area contributed by atoms with Gasteiger partial charge in [-0.2, -0.15) is 13.1 Å². The van der Waals surface area contributed by atoms with Crippen LogP contribution in [0.15, 0.2) is 24.3 Å². The highest BCUT2D eigenvalue weighted by molar-refractivity contribution is 7.90. The summed E-state index contributed by atoms with van der Waals surface area (Å²) < 4.78 is 27.9. The smallest absolute Gasteiger partial charge is 0.335 e. The van der Waals surface area contributed by atoms with Crippen molar-refractivity contribution < 1.29 is 23.4 Å². The Kier molecular flexibility index (Phi) is 4.26. The van der Waals surface area contributed by atoms with Crippen molar-refractivity contribution >= 4 is 21.9 Å². The number of aromatic carboxylic acids is 1. The van der Waals surface area contributed by atoms with Crippen LogP contribution >= 0.6 is 0 Å². The van der Waals surface area contributed by atoms with E-state index in [4.69, 9.17) is 10.2 Å². The molecule has 0 bridgehead atoms. The summed E-state index contributed by atoms with van der Waals surface area (Å²) in [5.74, 6) is -1.08. The van der Waals surface area contributed by atoms with Gasteiger partial charge in [-0.05, 0) is 37.1 Å². The van der Waals surface area contributed by atoms with Crippen LogP contribution in [0.4, 0.5) is 5.69 Å². The highest BCUT2D eigenvalue weighted by Gasteiger charge is 2.31. The number of hydrogen-bond donors (Lipinski definition) is 3. The van der Waals surface area contributed by atoms with Gasteiger partial charge in [-0.1, -0.05) is 0 Å². The van der Waals surface area contributed by atoms with Gasteiger partial charge in [-0.25, -0.2) is 4.79 Å². The molecule has 3 N–H and O–H groups in total. The van der Waals surface area contributed by atoms with E-state index in [1.54, 1.807) is 0 Å². The number of aliphatic hydroxyl groups is 1. The predicted molar refractivity (Wildman–Crippen MR) is 72.9 cm³/mol. The molecule has 7 nitrogen and oxygen atoms in total. The van der Waals surface area contributed by atoms with E-state index < -0.39 is 16.2 Å². The van der Waals surface area contributed by atoms with Crippen molar-refractivity contribution in [2.45, 2.75) is 18.9 Å². The van der Waals surface area contributed by atoms with Gasteiger partial charge < -0.3 is 10.2 Å². The van der Waals surface area contributed by atoms with Crippen molar-refractivity contribution in [3.63, 3.8) is 0 Å². The van der Waals surface area contributed by atoms with E-state index in [-0.39, 0.29) is 24.8 Å². The van der Waals surface area contributed by atoms with E-state index in [0.717, 1.165) is 17.1 Å². The lowest BCUT2D eigenvalue weighted by Gasteiger charge is -2.23. The second-order valence-corrected chi connectivity index (χ2v) is 6.17. The normalized spacial score (nSPS) is 15.1.